The van der Waals surface area contributed by atoms with E-state index in [1.54, 1.807) is 0 Å². The third-order valence-electron chi connectivity index (χ3n) is 6.12. The van der Waals surface area contributed by atoms with Crippen molar-refractivity contribution in [2.75, 3.05) is 22.9 Å². The van der Waals surface area contributed by atoms with E-state index in [4.69, 9.17) is 0 Å². The first-order chi connectivity index (χ1) is 13.7. The standard InChI is InChI=1S/C27H39N2/c1-18(2)22-11-9-12-23(19(3)4)26(22)28-15-16-29(17-28)27-24(20(5)6)13-10-14-25(27)21(7)8/h9-14,17-21H,15-16H2,1-8H3/q-1. The average molecular weight is 392 g/mol. The van der Waals surface area contributed by atoms with Crippen LogP contribution in [0.2, 0.25) is 0 Å². The predicted molar refractivity (Wildman–Crippen MR) is 128 cm³/mol. The Kier molecular flexibility index (Phi) is 6.61. The van der Waals surface area contributed by atoms with Gasteiger partial charge in [-0.15, -0.1) is 0 Å². The van der Waals surface area contributed by atoms with Crippen LogP contribution in [0, 0.1) is 6.67 Å². The molecule has 0 atom stereocenters. The molecule has 1 heterocycles. The molecule has 0 saturated carbocycles. The lowest BCUT2D eigenvalue weighted by molar-refractivity contribution is 0.816. The van der Waals surface area contributed by atoms with Crippen molar-refractivity contribution in [3.8, 4) is 0 Å². The van der Waals surface area contributed by atoms with Gasteiger partial charge in [-0.3, -0.25) is 0 Å². The van der Waals surface area contributed by atoms with Crippen molar-refractivity contribution >= 4 is 11.4 Å². The fourth-order valence-electron chi connectivity index (χ4n) is 4.53. The predicted octanol–water partition coefficient (Wildman–Crippen LogP) is 7.63. The van der Waals surface area contributed by atoms with Crippen molar-refractivity contribution in [2.24, 2.45) is 0 Å². The van der Waals surface area contributed by atoms with Crippen LogP contribution in [0.25, 0.3) is 0 Å². The van der Waals surface area contributed by atoms with Crippen LogP contribution in [-0.2, 0) is 0 Å². The highest BCUT2D eigenvalue weighted by Gasteiger charge is 2.23. The minimum atomic E-state index is 0.514. The zero-order valence-electron chi connectivity index (χ0n) is 19.7. The molecule has 1 aliphatic heterocycles. The topological polar surface area (TPSA) is 6.48 Å². The first kappa shape index (κ1) is 21.7. The summed E-state index contributed by atoms with van der Waals surface area (Å²) in [7, 11) is 0. The third-order valence-corrected chi connectivity index (χ3v) is 6.12. The molecule has 2 heteroatoms. The zero-order valence-corrected chi connectivity index (χ0v) is 19.7. The maximum absolute atomic E-state index is 2.51. The van der Waals surface area contributed by atoms with Gasteiger partial charge >= 0.3 is 0 Å². The number of anilines is 2. The Morgan fingerprint density at radius 3 is 1.07 bits per heavy atom. The van der Waals surface area contributed by atoms with Crippen LogP contribution in [0.4, 0.5) is 11.4 Å². The summed E-state index contributed by atoms with van der Waals surface area (Å²) < 4.78 is 0. The highest BCUT2D eigenvalue weighted by Crippen LogP contribution is 2.41. The monoisotopic (exact) mass is 391 g/mol. The van der Waals surface area contributed by atoms with Crippen molar-refractivity contribution < 1.29 is 0 Å². The van der Waals surface area contributed by atoms with Gasteiger partial charge in [0.15, 0.2) is 0 Å². The summed E-state index contributed by atoms with van der Waals surface area (Å²) in [5, 5.41) is 0. The number of rotatable bonds is 6. The Bertz CT molecular complexity index is 710. The normalized spacial score (nSPS) is 14.9. The summed E-state index contributed by atoms with van der Waals surface area (Å²) in [5.74, 6) is 2.06. The second-order valence-electron chi connectivity index (χ2n) is 9.69. The molecule has 0 aliphatic carbocycles. The lowest BCUT2D eigenvalue weighted by atomic mass is 9.92. The van der Waals surface area contributed by atoms with Crippen LogP contribution >= 0.6 is 0 Å². The van der Waals surface area contributed by atoms with Gasteiger partial charge in [0.2, 0.25) is 0 Å². The minimum absolute atomic E-state index is 0.514. The quantitative estimate of drug-likeness (QED) is 0.467. The highest BCUT2D eigenvalue weighted by molar-refractivity contribution is 5.70. The summed E-state index contributed by atoms with van der Waals surface area (Å²) in [6.07, 6.45) is 0. The molecule has 0 spiro atoms. The first-order valence-corrected chi connectivity index (χ1v) is 11.4. The Morgan fingerprint density at radius 1 is 0.552 bits per heavy atom. The van der Waals surface area contributed by atoms with Gasteiger partial charge in [0.1, 0.15) is 0 Å². The van der Waals surface area contributed by atoms with Gasteiger partial charge in [-0.25, -0.2) is 0 Å². The Hall–Kier alpha value is -1.96. The van der Waals surface area contributed by atoms with Gasteiger partial charge in [-0.1, -0.05) is 91.8 Å². The first-order valence-electron chi connectivity index (χ1n) is 11.4. The van der Waals surface area contributed by atoms with Gasteiger partial charge in [0.25, 0.3) is 0 Å². The molecule has 3 rings (SSSR count). The third kappa shape index (κ3) is 4.32. The molecular formula is C27H39N2-. The molecule has 29 heavy (non-hydrogen) atoms. The fraction of sp³-hybridized carbons (Fsp3) is 0.519. The molecule has 2 aromatic carbocycles. The maximum atomic E-state index is 2.51. The molecule has 0 N–H and O–H groups in total. The highest BCUT2D eigenvalue weighted by atomic mass is 15.4. The molecule has 1 fully saturated rings. The SMILES string of the molecule is CC(C)c1cccc(C(C)C)c1N1[CH-]N(c2c(C(C)C)cccc2C(C)C)CC1. The molecule has 1 aliphatic rings. The molecule has 2 nitrogen and oxygen atoms in total. The van der Waals surface area contributed by atoms with Crippen molar-refractivity contribution in [3.63, 3.8) is 0 Å². The number of benzene rings is 2. The van der Waals surface area contributed by atoms with Crippen molar-refractivity contribution in [1.82, 2.24) is 0 Å². The summed E-state index contributed by atoms with van der Waals surface area (Å²) >= 11 is 0. The van der Waals surface area contributed by atoms with Crippen LogP contribution in [-0.4, -0.2) is 13.1 Å². The van der Waals surface area contributed by atoms with Crippen LogP contribution < -0.4 is 9.80 Å². The number of hydrogen-bond acceptors (Lipinski definition) is 2. The fourth-order valence-corrected chi connectivity index (χ4v) is 4.53. The van der Waals surface area contributed by atoms with Gasteiger partial charge in [-0.2, -0.15) is 6.67 Å². The van der Waals surface area contributed by atoms with Crippen molar-refractivity contribution in [3.05, 3.63) is 65.3 Å². The molecule has 0 bridgehead atoms. The van der Waals surface area contributed by atoms with Gasteiger partial charge in [0.05, 0.1) is 0 Å². The number of para-hydroxylation sites is 2. The summed E-state index contributed by atoms with van der Waals surface area (Å²) in [5.41, 5.74) is 8.67. The van der Waals surface area contributed by atoms with E-state index in [9.17, 15) is 0 Å². The molecule has 0 aromatic heterocycles. The van der Waals surface area contributed by atoms with Crippen LogP contribution in [0.3, 0.4) is 0 Å². The number of hydrogen-bond donors (Lipinski definition) is 0. The lowest BCUT2D eigenvalue weighted by Gasteiger charge is -2.39. The van der Waals surface area contributed by atoms with Crippen molar-refractivity contribution in [2.45, 2.75) is 79.1 Å². The summed E-state index contributed by atoms with van der Waals surface area (Å²) in [6, 6.07) is 13.7. The minimum Gasteiger partial charge on any atom is -0.502 e. The average Bonchev–Trinajstić information content (AvgIpc) is 3.15. The molecule has 1 saturated heterocycles. The molecule has 2 aromatic rings. The van der Waals surface area contributed by atoms with E-state index < -0.39 is 0 Å². The van der Waals surface area contributed by atoms with E-state index in [2.05, 4.69) is 108 Å². The lowest BCUT2D eigenvalue weighted by Crippen LogP contribution is -2.23. The Morgan fingerprint density at radius 2 is 0.828 bits per heavy atom. The Labute approximate surface area is 178 Å². The molecule has 0 unspecified atom stereocenters. The Balaban J connectivity index is 2.03. The smallest absolute Gasteiger partial charge is 0.0156 e. The van der Waals surface area contributed by atoms with Crippen LogP contribution in [0.15, 0.2) is 36.4 Å². The molecule has 0 radical (unpaired) electrons. The molecule has 0 amide bonds. The van der Waals surface area contributed by atoms with Gasteiger partial charge in [-0.05, 0) is 45.9 Å². The largest absolute Gasteiger partial charge is 0.502 e. The van der Waals surface area contributed by atoms with E-state index in [1.165, 1.54) is 33.6 Å². The van der Waals surface area contributed by atoms with E-state index in [1.807, 2.05) is 0 Å². The van der Waals surface area contributed by atoms with Gasteiger partial charge < -0.3 is 9.80 Å². The summed E-state index contributed by atoms with van der Waals surface area (Å²) in [4.78, 5) is 5.01. The molecular weight excluding hydrogens is 352 g/mol. The maximum Gasteiger partial charge on any atom is 0.0156 e. The second-order valence-corrected chi connectivity index (χ2v) is 9.69. The number of nitrogens with zero attached hydrogens (tertiary/aromatic N) is 2. The van der Waals surface area contributed by atoms with Crippen molar-refractivity contribution in [1.29, 1.82) is 0 Å². The van der Waals surface area contributed by atoms with E-state index in [0.29, 0.717) is 23.7 Å². The van der Waals surface area contributed by atoms with Crippen LogP contribution in [0.1, 0.15) is 101 Å². The van der Waals surface area contributed by atoms with E-state index >= 15 is 0 Å². The van der Waals surface area contributed by atoms with Gasteiger partial charge in [0, 0.05) is 24.5 Å². The zero-order chi connectivity index (χ0) is 21.3. The second kappa shape index (κ2) is 8.81. The van der Waals surface area contributed by atoms with E-state index in [-0.39, 0.29) is 0 Å². The molecule has 158 valence electrons. The summed E-state index contributed by atoms with van der Waals surface area (Å²) in [6.45, 7) is 22.9. The van der Waals surface area contributed by atoms with Crippen LogP contribution in [0.5, 0.6) is 0 Å². The van der Waals surface area contributed by atoms with E-state index in [0.717, 1.165) is 13.1 Å².